The van der Waals surface area contributed by atoms with Crippen molar-refractivity contribution in [2.75, 3.05) is 13.1 Å². The minimum atomic E-state index is 0.308. The van der Waals surface area contributed by atoms with E-state index in [0.29, 0.717) is 11.7 Å². The molecule has 0 aromatic carbocycles. The second kappa shape index (κ2) is 5.50. The van der Waals surface area contributed by atoms with Gasteiger partial charge in [-0.1, -0.05) is 33.1 Å². The normalized spacial score (nSPS) is 30.0. The average molecular weight is 225 g/mol. The quantitative estimate of drug-likeness (QED) is 0.776. The van der Waals surface area contributed by atoms with Crippen molar-refractivity contribution in [1.29, 1.82) is 0 Å². The van der Waals surface area contributed by atoms with Crippen molar-refractivity contribution in [2.45, 2.75) is 70.5 Å². The van der Waals surface area contributed by atoms with E-state index in [-0.39, 0.29) is 0 Å². The first-order valence-electron chi connectivity index (χ1n) is 7.13. The minimum absolute atomic E-state index is 0.308. The Morgan fingerprint density at radius 1 is 1.31 bits per heavy atom. The largest absolute Gasteiger partial charge is 0.370 e. The number of hydrogen-bond acceptors (Lipinski definition) is 2. The lowest BCUT2D eigenvalue weighted by Crippen LogP contribution is -2.32. The summed E-state index contributed by atoms with van der Waals surface area (Å²) in [4.78, 5) is 0. The fraction of sp³-hybridized carbons (Fsp3) is 1.00. The van der Waals surface area contributed by atoms with E-state index < -0.39 is 0 Å². The molecule has 1 N–H and O–H groups in total. The Labute approximate surface area is 100 Å². The average Bonchev–Trinajstić information content (AvgIpc) is 2.90. The Morgan fingerprint density at radius 2 is 2.06 bits per heavy atom. The molecule has 0 aromatic rings. The van der Waals surface area contributed by atoms with Gasteiger partial charge in [0, 0.05) is 6.54 Å². The molecular weight excluding hydrogens is 198 g/mol. The van der Waals surface area contributed by atoms with E-state index in [1.54, 1.807) is 0 Å². The molecule has 2 heteroatoms. The summed E-state index contributed by atoms with van der Waals surface area (Å²) in [7, 11) is 0. The molecule has 1 spiro atoms. The highest BCUT2D eigenvalue weighted by Crippen LogP contribution is 2.43. The van der Waals surface area contributed by atoms with Gasteiger partial charge in [-0.3, -0.25) is 0 Å². The van der Waals surface area contributed by atoms with Crippen LogP contribution in [0.3, 0.4) is 0 Å². The van der Waals surface area contributed by atoms with Crippen LogP contribution < -0.4 is 5.32 Å². The Kier molecular flexibility index (Phi) is 4.26. The van der Waals surface area contributed by atoms with Crippen LogP contribution in [0.25, 0.3) is 0 Å². The second-order valence-corrected chi connectivity index (χ2v) is 5.84. The fourth-order valence-electron chi connectivity index (χ4n) is 3.06. The van der Waals surface area contributed by atoms with E-state index >= 15 is 0 Å². The van der Waals surface area contributed by atoms with Crippen molar-refractivity contribution < 1.29 is 4.74 Å². The van der Waals surface area contributed by atoms with Crippen LogP contribution in [0.2, 0.25) is 0 Å². The van der Waals surface area contributed by atoms with Gasteiger partial charge in [-0.15, -0.1) is 0 Å². The monoisotopic (exact) mass is 225 g/mol. The van der Waals surface area contributed by atoms with Gasteiger partial charge in [0.2, 0.25) is 0 Å². The van der Waals surface area contributed by atoms with E-state index in [9.17, 15) is 0 Å². The summed E-state index contributed by atoms with van der Waals surface area (Å²) in [6, 6.07) is 0. The topological polar surface area (TPSA) is 21.3 Å². The van der Waals surface area contributed by atoms with Gasteiger partial charge in [-0.05, 0) is 38.1 Å². The van der Waals surface area contributed by atoms with Crippen LogP contribution in [-0.4, -0.2) is 24.8 Å². The van der Waals surface area contributed by atoms with Crippen LogP contribution in [0.15, 0.2) is 0 Å². The van der Waals surface area contributed by atoms with Gasteiger partial charge in [0.05, 0.1) is 11.7 Å². The third-order valence-corrected chi connectivity index (χ3v) is 4.42. The zero-order valence-corrected chi connectivity index (χ0v) is 10.9. The van der Waals surface area contributed by atoms with Gasteiger partial charge < -0.3 is 10.1 Å². The lowest BCUT2D eigenvalue weighted by molar-refractivity contribution is -0.0352. The molecule has 0 bridgehead atoms. The number of hydrogen-bond donors (Lipinski definition) is 1. The van der Waals surface area contributed by atoms with Gasteiger partial charge in [0.25, 0.3) is 0 Å². The summed E-state index contributed by atoms with van der Waals surface area (Å²) in [6.07, 6.45) is 9.73. The molecule has 1 aliphatic heterocycles. The zero-order valence-electron chi connectivity index (χ0n) is 10.9. The van der Waals surface area contributed by atoms with Gasteiger partial charge in [-0.25, -0.2) is 0 Å². The summed E-state index contributed by atoms with van der Waals surface area (Å²) in [5, 5.41) is 3.56. The summed E-state index contributed by atoms with van der Waals surface area (Å²) in [6.45, 7) is 6.77. The molecule has 94 valence electrons. The molecule has 0 aromatic heterocycles. The standard InChI is InChI=1S/C14H27NO/c1-3-12(2)10-15-11-13-6-9-14(16-13)7-4-5-8-14/h12-13,15H,3-11H2,1-2H3. The van der Waals surface area contributed by atoms with Crippen LogP contribution in [0.5, 0.6) is 0 Å². The van der Waals surface area contributed by atoms with Crippen molar-refractivity contribution in [3.8, 4) is 0 Å². The molecule has 2 nitrogen and oxygen atoms in total. The second-order valence-electron chi connectivity index (χ2n) is 5.84. The van der Waals surface area contributed by atoms with Crippen molar-refractivity contribution >= 4 is 0 Å². The van der Waals surface area contributed by atoms with Crippen molar-refractivity contribution in [2.24, 2.45) is 5.92 Å². The Bertz CT molecular complexity index is 211. The summed E-state index contributed by atoms with van der Waals surface area (Å²) in [5.74, 6) is 0.793. The van der Waals surface area contributed by atoms with Gasteiger partial charge in [0.15, 0.2) is 0 Å². The van der Waals surface area contributed by atoms with Crippen LogP contribution >= 0.6 is 0 Å². The third-order valence-electron chi connectivity index (χ3n) is 4.42. The number of nitrogens with one attached hydrogen (secondary N) is 1. The highest BCUT2D eigenvalue weighted by Gasteiger charge is 2.41. The molecule has 1 aliphatic carbocycles. The summed E-state index contributed by atoms with van der Waals surface area (Å²) in [5.41, 5.74) is 0.308. The SMILES string of the molecule is CCC(C)CNCC1CCC2(CCCC2)O1. The first-order valence-corrected chi connectivity index (χ1v) is 7.13. The molecule has 2 unspecified atom stereocenters. The molecular formula is C14H27NO. The van der Waals surface area contributed by atoms with Crippen LogP contribution in [-0.2, 0) is 4.74 Å². The molecule has 0 amide bonds. The Balaban J connectivity index is 1.65. The summed E-state index contributed by atoms with van der Waals surface area (Å²) >= 11 is 0. The smallest absolute Gasteiger partial charge is 0.0708 e. The molecule has 2 rings (SSSR count). The lowest BCUT2D eigenvalue weighted by Gasteiger charge is -2.24. The molecule has 1 saturated carbocycles. The predicted octanol–water partition coefficient (Wildman–Crippen LogP) is 3.11. The van der Waals surface area contributed by atoms with Gasteiger partial charge in [0.1, 0.15) is 0 Å². The molecule has 1 heterocycles. The first-order chi connectivity index (χ1) is 7.74. The highest BCUT2D eigenvalue weighted by atomic mass is 16.5. The minimum Gasteiger partial charge on any atom is -0.370 e. The predicted molar refractivity (Wildman–Crippen MR) is 67.6 cm³/mol. The molecule has 1 saturated heterocycles. The fourth-order valence-corrected chi connectivity index (χ4v) is 3.06. The van der Waals surface area contributed by atoms with E-state index in [1.807, 2.05) is 0 Å². The third kappa shape index (κ3) is 2.98. The van der Waals surface area contributed by atoms with Gasteiger partial charge in [-0.2, -0.15) is 0 Å². The maximum atomic E-state index is 6.26. The molecule has 16 heavy (non-hydrogen) atoms. The van der Waals surface area contributed by atoms with E-state index in [4.69, 9.17) is 4.74 Å². The van der Waals surface area contributed by atoms with Crippen LogP contribution in [0.4, 0.5) is 0 Å². The zero-order chi connectivity index (χ0) is 11.4. The van der Waals surface area contributed by atoms with E-state index in [2.05, 4.69) is 19.2 Å². The van der Waals surface area contributed by atoms with Crippen molar-refractivity contribution in [1.82, 2.24) is 5.32 Å². The van der Waals surface area contributed by atoms with E-state index in [0.717, 1.165) is 19.0 Å². The molecule has 2 aliphatic rings. The maximum absolute atomic E-state index is 6.26. The Hall–Kier alpha value is -0.0800. The van der Waals surface area contributed by atoms with Crippen LogP contribution in [0, 0.1) is 5.92 Å². The van der Waals surface area contributed by atoms with Crippen LogP contribution in [0.1, 0.15) is 58.8 Å². The molecule has 0 radical (unpaired) electrons. The maximum Gasteiger partial charge on any atom is 0.0708 e. The van der Waals surface area contributed by atoms with Crippen molar-refractivity contribution in [3.05, 3.63) is 0 Å². The Morgan fingerprint density at radius 3 is 2.75 bits per heavy atom. The molecule has 2 atom stereocenters. The van der Waals surface area contributed by atoms with Gasteiger partial charge >= 0.3 is 0 Å². The summed E-state index contributed by atoms with van der Waals surface area (Å²) < 4.78 is 6.26. The number of ether oxygens (including phenoxy) is 1. The first kappa shape index (κ1) is 12.4. The molecule has 2 fully saturated rings. The van der Waals surface area contributed by atoms with Crippen molar-refractivity contribution in [3.63, 3.8) is 0 Å². The van der Waals surface area contributed by atoms with E-state index in [1.165, 1.54) is 44.9 Å². The lowest BCUT2D eigenvalue weighted by atomic mass is 9.98. The number of rotatable bonds is 5. The highest BCUT2D eigenvalue weighted by molar-refractivity contribution is 4.93.